The zero-order valence-electron chi connectivity index (χ0n) is 6.49. The van der Waals surface area contributed by atoms with Crippen molar-refractivity contribution in [3.05, 3.63) is 21.8 Å². The lowest BCUT2D eigenvalue weighted by Crippen LogP contribution is -2.07. The van der Waals surface area contributed by atoms with Gasteiger partial charge in [0.15, 0.2) is 0 Å². The Bertz CT molecular complexity index is 420. The number of aromatic nitrogens is 1. The molecule has 0 saturated carbocycles. The highest BCUT2D eigenvalue weighted by Crippen LogP contribution is 2.25. The third-order valence-electron chi connectivity index (χ3n) is 1.01. The van der Waals surface area contributed by atoms with E-state index in [9.17, 15) is 8.42 Å². The summed E-state index contributed by atoms with van der Waals surface area (Å²) in [4.78, 5) is 3.68. The average Bonchev–Trinajstić information content (AvgIpc) is 1.94. The van der Waals surface area contributed by atoms with Gasteiger partial charge in [-0.3, -0.25) is 0 Å². The molecule has 0 bridgehead atoms. The van der Waals surface area contributed by atoms with Gasteiger partial charge in [0.25, 0.3) is 0 Å². The van der Waals surface area contributed by atoms with Gasteiger partial charge in [0.1, 0.15) is 5.15 Å². The van der Waals surface area contributed by atoms with Crippen LogP contribution in [0.25, 0.3) is 0 Å². The predicted octanol–water partition coefficient (Wildman–Crippen LogP) is 1.84. The molecule has 0 radical (unpaired) electrons. The molecule has 0 saturated heterocycles. The van der Waals surface area contributed by atoms with Gasteiger partial charge in [0.05, 0.1) is 10.7 Å². The maximum absolute atomic E-state index is 10.7. The topological polar surface area (TPSA) is 56.3 Å². The van der Waals surface area contributed by atoms with Crippen molar-refractivity contribution in [3.63, 3.8) is 0 Å². The number of hydrogen-bond acceptors (Lipinski definition) is 4. The van der Waals surface area contributed by atoms with Crippen molar-refractivity contribution in [1.82, 2.24) is 4.98 Å². The van der Waals surface area contributed by atoms with Gasteiger partial charge in [-0.2, -0.15) is 13.4 Å². The van der Waals surface area contributed by atoms with Gasteiger partial charge >= 0.3 is 10.1 Å². The average molecular weight is 287 g/mol. The molecule has 0 N–H and O–H groups in total. The Balaban J connectivity index is 3.08. The van der Waals surface area contributed by atoms with Gasteiger partial charge < -0.3 is 4.18 Å². The van der Waals surface area contributed by atoms with Crippen LogP contribution in [-0.2, 0) is 10.1 Å². The molecule has 0 aliphatic carbocycles. The van der Waals surface area contributed by atoms with Crippen LogP contribution < -0.4 is 4.18 Å². The van der Waals surface area contributed by atoms with Crippen molar-refractivity contribution in [2.45, 2.75) is 0 Å². The van der Waals surface area contributed by atoms with Gasteiger partial charge in [-0.15, -0.1) is 0 Å². The van der Waals surface area contributed by atoms with Crippen molar-refractivity contribution >= 4 is 37.6 Å². The van der Waals surface area contributed by atoms with Crippen LogP contribution in [0.4, 0.5) is 0 Å². The van der Waals surface area contributed by atoms with Crippen LogP contribution in [0.3, 0.4) is 0 Å². The zero-order valence-corrected chi connectivity index (χ0v) is 9.65. The van der Waals surface area contributed by atoms with E-state index in [-0.39, 0.29) is 11.0 Å². The molecule has 0 unspecified atom stereocenters. The van der Waals surface area contributed by atoms with Gasteiger partial charge in [-0.05, 0) is 28.1 Å². The highest BCUT2D eigenvalue weighted by Gasteiger charge is 2.10. The first-order valence-electron chi connectivity index (χ1n) is 3.10. The highest BCUT2D eigenvalue weighted by molar-refractivity contribution is 9.10. The molecule has 1 aromatic rings. The van der Waals surface area contributed by atoms with Gasteiger partial charge in [-0.1, -0.05) is 11.6 Å². The first kappa shape index (κ1) is 10.7. The monoisotopic (exact) mass is 285 g/mol. The third-order valence-corrected chi connectivity index (χ3v) is 2.28. The number of halogens is 2. The van der Waals surface area contributed by atoms with E-state index in [0.29, 0.717) is 4.47 Å². The minimum atomic E-state index is -3.57. The summed E-state index contributed by atoms with van der Waals surface area (Å²) in [6.07, 6.45) is 0.933. The van der Waals surface area contributed by atoms with E-state index in [4.69, 9.17) is 11.6 Å². The summed E-state index contributed by atoms with van der Waals surface area (Å²) in [5.74, 6) is -0.0602. The van der Waals surface area contributed by atoms with Crippen LogP contribution in [0.15, 0.2) is 16.6 Å². The molecule has 1 aromatic heterocycles. The van der Waals surface area contributed by atoms with E-state index >= 15 is 0 Å². The van der Waals surface area contributed by atoms with Crippen LogP contribution >= 0.6 is 27.5 Å². The number of rotatable bonds is 2. The Kier molecular flexibility index (Phi) is 3.15. The van der Waals surface area contributed by atoms with E-state index in [2.05, 4.69) is 25.1 Å². The molecule has 0 spiro atoms. The summed E-state index contributed by atoms with van der Waals surface area (Å²) < 4.78 is 26.5. The van der Waals surface area contributed by atoms with Crippen LogP contribution in [0, 0.1) is 0 Å². The van der Waals surface area contributed by atoms with Crippen molar-refractivity contribution in [1.29, 1.82) is 0 Å². The molecule has 0 aromatic carbocycles. The first-order chi connectivity index (χ1) is 5.88. The quantitative estimate of drug-likeness (QED) is 0.615. The summed E-state index contributed by atoms with van der Waals surface area (Å²) in [6.45, 7) is 0. The molecule has 7 heteroatoms. The van der Waals surface area contributed by atoms with E-state index in [1.54, 1.807) is 6.07 Å². The molecule has 72 valence electrons. The normalized spacial score (nSPS) is 11.3. The standard InChI is InChI=1S/C6H5BrClNO3S/c1-13(10,11)12-6-4(7)2-3-5(8)9-6/h2-3H,1H3. The fourth-order valence-corrected chi connectivity index (χ4v) is 1.57. The Morgan fingerprint density at radius 3 is 2.69 bits per heavy atom. The number of pyridine rings is 1. The largest absolute Gasteiger partial charge is 0.361 e. The van der Waals surface area contributed by atoms with Crippen LogP contribution in [0.2, 0.25) is 5.15 Å². The summed E-state index contributed by atoms with van der Waals surface area (Å²) >= 11 is 8.61. The summed E-state index contributed by atoms with van der Waals surface area (Å²) in [6, 6.07) is 3.07. The molecular weight excluding hydrogens is 281 g/mol. The maximum atomic E-state index is 10.7. The molecule has 0 atom stereocenters. The van der Waals surface area contributed by atoms with Crippen molar-refractivity contribution in [2.75, 3.05) is 6.26 Å². The molecule has 4 nitrogen and oxygen atoms in total. The lowest BCUT2D eigenvalue weighted by molar-refractivity contribution is 0.481. The van der Waals surface area contributed by atoms with Gasteiger partial charge in [-0.25, -0.2) is 0 Å². The smallest absolute Gasteiger partial charge is 0.307 e. The molecule has 13 heavy (non-hydrogen) atoms. The van der Waals surface area contributed by atoms with Crippen LogP contribution in [-0.4, -0.2) is 19.7 Å². The SMILES string of the molecule is CS(=O)(=O)Oc1nc(Cl)ccc1Br. The van der Waals surface area contributed by atoms with Crippen LogP contribution in [0.1, 0.15) is 0 Å². The van der Waals surface area contributed by atoms with E-state index in [1.165, 1.54) is 6.07 Å². The van der Waals surface area contributed by atoms with Crippen molar-refractivity contribution < 1.29 is 12.6 Å². The second-order valence-electron chi connectivity index (χ2n) is 2.21. The Hall–Kier alpha value is -0.330. The highest BCUT2D eigenvalue weighted by atomic mass is 79.9. The zero-order chi connectivity index (χ0) is 10.1. The number of hydrogen-bond donors (Lipinski definition) is 0. The van der Waals surface area contributed by atoms with Crippen LogP contribution in [0.5, 0.6) is 5.88 Å². The van der Waals surface area contributed by atoms with Gasteiger partial charge in [0.2, 0.25) is 5.88 Å². The van der Waals surface area contributed by atoms with Gasteiger partial charge in [0, 0.05) is 0 Å². The van der Waals surface area contributed by atoms with E-state index in [1.807, 2.05) is 0 Å². The molecular formula is C6H5BrClNO3S. The van der Waals surface area contributed by atoms with E-state index in [0.717, 1.165) is 6.26 Å². The van der Waals surface area contributed by atoms with Crippen molar-refractivity contribution in [3.8, 4) is 5.88 Å². The minimum Gasteiger partial charge on any atom is -0.361 e. The predicted molar refractivity (Wildman–Crippen MR) is 52.4 cm³/mol. The lowest BCUT2D eigenvalue weighted by atomic mass is 10.5. The number of nitrogens with zero attached hydrogens (tertiary/aromatic N) is 1. The third kappa shape index (κ3) is 3.50. The minimum absolute atomic E-state index is 0.0602. The van der Waals surface area contributed by atoms with E-state index < -0.39 is 10.1 Å². The Labute approximate surface area is 89.1 Å². The summed E-state index contributed by atoms with van der Waals surface area (Å²) in [5.41, 5.74) is 0. The molecule has 0 fully saturated rings. The second-order valence-corrected chi connectivity index (χ2v) is 5.02. The summed E-state index contributed by atoms with van der Waals surface area (Å²) in [5, 5.41) is 0.168. The molecule has 1 heterocycles. The Morgan fingerprint density at radius 1 is 1.54 bits per heavy atom. The fraction of sp³-hybridized carbons (Fsp3) is 0.167. The summed E-state index contributed by atoms with van der Waals surface area (Å²) in [7, 11) is -3.57. The molecule has 0 amide bonds. The molecule has 0 aliphatic rings. The Morgan fingerprint density at radius 2 is 2.15 bits per heavy atom. The first-order valence-corrected chi connectivity index (χ1v) is 6.09. The maximum Gasteiger partial charge on any atom is 0.307 e. The second kappa shape index (κ2) is 3.81. The molecule has 0 aliphatic heterocycles. The van der Waals surface area contributed by atoms with Crippen molar-refractivity contribution in [2.24, 2.45) is 0 Å². The lowest BCUT2D eigenvalue weighted by Gasteiger charge is -2.03. The fourth-order valence-electron chi connectivity index (χ4n) is 0.603. The molecule has 1 rings (SSSR count).